The molecule has 0 atom stereocenters. The first-order valence-electron chi connectivity index (χ1n) is 2.38. The Balaban J connectivity index is 4.19. The maximum Gasteiger partial charge on any atom is 0.335 e. The number of nitrogens with zero attached hydrogens (tertiary/aromatic N) is 1. The van der Waals surface area contributed by atoms with Gasteiger partial charge in [0.05, 0.1) is 13.7 Å². The third-order valence-corrected chi connectivity index (χ3v) is 0.788. The lowest BCUT2D eigenvalue weighted by Crippen LogP contribution is -2.00. The highest BCUT2D eigenvalue weighted by Crippen LogP contribution is 1.96. The van der Waals surface area contributed by atoms with E-state index in [1.807, 2.05) is 0 Å². The molecule has 3 heteroatoms. The van der Waals surface area contributed by atoms with Gasteiger partial charge in [-0.2, -0.15) is 0 Å². The topological polar surface area (TPSA) is 30.7 Å². The Morgan fingerprint density at radius 1 is 1.78 bits per heavy atom. The van der Waals surface area contributed by atoms with Crippen LogP contribution in [0.25, 0.3) is 4.85 Å². The number of carbonyl (C=O) groups is 1. The van der Waals surface area contributed by atoms with Crippen molar-refractivity contribution in [3.05, 3.63) is 23.2 Å². The second-order valence-electron chi connectivity index (χ2n) is 1.28. The molecule has 0 rings (SSSR count). The zero-order valence-electron chi connectivity index (χ0n) is 5.34. The van der Waals surface area contributed by atoms with E-state index < -0.39 is 5.97 Å². The first-order chi connectivity index (χ1) is 4.26. The number of methoxy groups -OCH3 is 1. The van der Waals surface area contributed by atoms with Gasteiger partial charge >= 0.3 is 5.97 Å². The number of allylic oxidation sites excluding steroid dienone is 1. The van der Waals surface area contributed by atoms with Crippen molar-refractivity contribution in [2.24, 2.45) is 0 Å². The van der Waals surface area contributed by atoms with E-state index in [4.69, 9.17) is 6.57 Å². The minimum Gasteiger partial charge on any atom is -0.474 e. The van der Waals surface area contributed by atoms with Crippen molar-refractivity contribution >= 4 is 5.97 Å². The van der Waals surface area contributed by atoms with Gasteiger partial charge in [-0.3, -0.25) is 4.79 Å². The summed E-state index contributed by atoms with van der Waals surface area (Å²) < 4.78 is 4.27. The zero-order valence-corrected chi connectivity index (χ0v) is 5.34. The summed E-state index contributed by atoms with van der Waals surface area (Å²) in [4.78, 5) is 13.4. The summed E-state index contributed by atoms with van der Waals surface area (Å²) in [6, 6.07) is 0. The third kappa shape index (κ3) is 1.96. The van der Waals surface area contributed by atoms with Crippen LogP contribution < -0.4 is 0 Å². The van der Waals surface area contributed by atoms with Gasteiger partial charge in [0, 0.05) is 0 Å². The summed E-state index contributed by atoms with van der Waals surface area (Å²) >= 11 is 0. The standard InChI is InChI=1S/C6H7NO2/c1-4-5(7-2)6(8)9-3/h4H,1,3H3. The van der Waals surface area contributed by atoms with Gasteiger partial charge in [-0.25, -0.2) is 4.85 Å². The summed E-state index contributed by atoms with van der Waals surface area (Å²) in [5, 5.41) is 0. The molecule has 0 aromatic rings. The van der Waals surface area contributed by atoms with Crippen LogP contribution in [0, 0.1) is 6.57 Å². The fourth-order valence-electron chi connectivity index (χ4n) is 0.333. The molecule has 0 aliphatic heterocycles. The molecule has 0 aromatic heterocycles. The van der Waals surface area contributed by atoms with E-state index in [0.717, 1.165) is 0 Å². The molecule has 0 N–H and O–H groups in total. The van der Waals surface area contributed by atoms with Gasteiger partial charge in [0.15, 0.2) is 0 Å². The molecule has 0 aliphatic rings. The fraction of sp³-hybridized carbons (Fsp3) is 0.333. The molecule has 0 unspecified atom stereocenters. The molecular weight excluding hydrogens is 118 g/mol. The van der Waals surface area contributed by atoms with Crippen molar-refractivity contribution in [2.45, 2.75) is 6.92 Å². The monoisotopic (exact) mass is 125 g/mol. The molecule has 9 heavy (non-hydrogen) atoms. The van der Waals surface area contributed by atoms with E-state index in [1.165, 1.54) is 13.2 Å². The first-order valence-corrected chi connectivity index (χ1v) is 2.38. The molecule has 0 heterocycles. The molecule has 48 valence electrons. The number of carbonyl (C=O) groups excluding carboxylic acids is 1. The maximum absolute atomic E-state index is 10.5. The summed E-state index contributed by atoms with van der Waals surface area (Å²) in [6.45, 7) is 8.06. The van der Waals surface area contributed by atoms with E-state index in [1.54, 1.807) is 6.92 Å². The molecule has 0 spiro atoms. The summed E-state index contributed by atoms with van der Waals surface area (Å²) in [5.41, 5.74) is 0.0255. The normalized spacial score (nSPS) is 10.1. The van der Waals surface area contributed by atoms with E-state index in [2.05, 4.69) is 9.58 Å². The summed E-state index contributed by atoms with van der Waals surface area (Å²) in [7, 11) is 1.25. The lowest BCUT2D eigenvalue weighted by atomic mass is 10.4. The van der Waals surface area contributed by atoms with Crippen molar-refractivity contribution in [3.63, 3.8) is 0 Å². The van der Waals surface area contributed by atoms with Gasteiger partial charge in [-0.05, 0) is 0 Å². The minimum atomic E-state index is -0.576. The van der Waals surface area contributed by atoms with Crippen LogP contribution in [0.5, 0.6) is 0 Å². The Labute approximate surface area is 53.8 Å². The van der Waals surface area contributed by atoms with Crippen molar-refractivity contribution in [1.82, 2.24) is 0 Å². The predicted molar refractivity (Wildman–Crippen MR) is 32.4 cm³/mol. The fourth-order valence-corrected chi connectivity index (χ4v) is 0.333. The molecule has 0 radical (unpaired) electrons. The van der Waals surface area contributed by atoms with Crippen LogP contribution in [0.4, 0.5) is 0 Å². The number of esters is 1. The Hall–Kier alpha value is -1.30. The largest absolute Gasteiger partial charge is 0.474 e. The molecule has 0 saturated heterocycles. The van der Waals surface area contributed by atoms with Crippen LogP contribution in [-0.2, 0) is 9.53 Å². The van der Waals surface area contributed by atoms with Crippen molar-refractivity contribution in [1.29, 1.82) is 0 Å². The quantitative estimate of drug-likeness (QED) is 0.297. The molecule has 0 bridgehead atoms. The van der Waals surface area contributed by atoms with Gasteiger partial charge in [-0.1, -0.05) is 13.0 Å². The lowest BCUT2D eigenvalue weighted by molar-refractivity contribution is -0.135. The predicted octanol–water partition coefficient (Wildman–Crippen LogP) is 0.982. The van der Waals surface area contributed by atoms with E-state index in [9.17, 15) is 4.79 Å². The van der Waals surface area contributed by atoms with Crippen LogP contribution in [0.15, 0.2) is 11.8 Å². The number of ether oxygens (including phenoxy) is 1. The average molecular weight is 125 g/mol. The number of rotatable bonds is 1. The Kier molecular flexibility index (Phi) is 3.14. The smallest absolute Gasteiger partial charge is 0.335 e. The zero-order chi connectivity index (χ0) is 7.28. The highest BCUT2D eigenvalue weighted by atomic mass is 16.5. The maximum atomic E-state index is 10.5. The van der Waals surface area contributed by atoms with Crippen LogP contribution in [0.1, 0.15) is 6.92 Å². The molecule has 0 aliphatic carbocycles. The Bertz CT molecular complexity index is 176. The van der Waals surface area contributed by atoms with E-state index >= 15 is 0 Å². The van der Waals surface area contributed by atoms with Gasteiger partial charge in [0.1, 0.15) is 0 Å². The second-order valence-corrected chi connectivity index (χ2v) is 1.28. The SMILES string of the molecule is [C-]#[N+]C(=CC)C(=O)OC. The minimum absolute atomic E-state index is 0.0255. The van der Waals surface area contributed by atoms with Gasteiger partial charge in [-0.15, -0.1) is 0 Å². The van der Waals surface area contributed by atoms with Gasteiger partial charge in [0.25, 0.3) is 5.70 Å². The molecule has 0 aromatic carbocycles. The van der Waals surface area contributed by atoms with E-state index in [-0.39, 0.29) is 5.70 Å². The summed E-state index contributed by atoms with van der Waals surface area (Å²) in [5.74, 6) is -0.576. The first kappa shape index (κ1) is 7.70. The summed E-state index contributed by atoms with van der Waals surface area (Å²) in [6.07, 6.45) is 1.42. The number of hydrogen-bond acceptors (Lipinski definition) is 2. The van der Waals surface area contributed by atoms with Crippen LogP contribution in [0.2, 0.25) is 0 Å². The van der Waals surface area contributed by atoms with Gasteiger partial charge in [0.2, 0.25) is 0 Å². The highest BCUT2D eigenvalue weighted by molar-refractivity contribution is 5.90. The number of hydrogen-bond donors (Lipinski definition) is 0. The lowest BCUT2D eigenvalue weighted by Gasteiger charge is -1.91. The third-order valence-electron chi connectivity index (χ3n) is 0.788. The Morgan fingerprint density at radius 2 is 2.33 bits per heavy atom. The second kappa shape index (κ2) is 3.67. The molecule has 0 amide bonds. The van der Waals surface area contributed by atoms with E-state index in [0.29, 0.717) is 0 Å². The van der Waals surface area contributed by atoms with Crippen LogP contribution >= 0.6 is 0 Å². The van der Waals surface area contributed by atoms with Crippen molar-refractivity contribution in [3.8, 4) is 0 Å². The molecular formula is C6H7NO2. The molecule has 0 saturated carbocycles. The van der Waals surface area contributed by atoms with Crippen molar-refractivity contribution in [2.75, 3.05) is 7.11 Å². The highest BCUT2D eigenvalue weighted by Gasteiger charge is 2.05. The average Bonchev–Trinajstić information content (AvgIpc) is 1.90. The van der Waals surface area contributed by atoms with Crippen LogP contribution in [-0.4, -0.2) is 13.1 Å². The molecule has 3 nitrogen and oxygen atoms in total. The van der Waals surface area contributed by atoms with Gasteiger partial charge < -0.3 is 4.74 Å². The van der Waals surface area contributed by atoms with Crippen molar-refractivity contribution < 1.29 is 9.53 Å². The van der Waals surface area contributed by atoms with Crippen LogP contribution in [0.3, 0.4) is 0 Å². The Morgan fingerprint density at radius 3 is 2.44 bits per heavy atom. The molecule has 0 fully saturated rings.